The van der Waals surface area contributed by atoms with Gasteiger partial charge in [0.1, 0.15) is 5.82 Å². The van der Waals surface area contributed by atoms with Crippen molar-refractivity contribution in [3.8, 4) is 0 Å². The summed E-state index contributed by atoms with van der Waals surface area (Å²) in [6, 6.07) is 3.94. The van der Waals surface area contributed by atoms with Crippen molar-refractivity contribution in [2.24, 2.45) is 10.9 Å². The van der Waals surface area contributed by atoms with Crippen LogP contribution in [0.1, 0.15) is 32.1 Å². The molecular formula is C18H20ClFN2O3S2. The van der Waals surface area contributed by atoms with Crippen LogP contribution in [0.2, 0.25) is 5.02 Å². The number of carbonyl (C=O) groups is 1. The van der Waals surface area contributed by atoms with E-state index in [0.717, 1.165) is 32.1 Å². The number of anilines is 1. The number of halogens is 2. The normalized spacial score (nSPS) is 29.3. The molecule has 0 aromatic heterocycles. The van der Waals surface area contributed by atoms with E-state index in [0.29, 0.717) is 10.9 Å². The lowest BCUT2D eigenvalue weighted by molar-refractivity contribution is -0.122. The average Bonchev–Trinajstić information content (AvgIpc) is 3.09. The summed E-state index contributed by atoms with van der Waals surface area (Å²) in [4.78, 5) is 18.8. The molecule has 5 nitrogen and oxygen atoms in total. The van der Waals surface area contributed by atoms with Gasteiger partial charge in [0.25, 0.3) is 5.91 Å². The van der Waals surface area contributed by atoms with Gasteiger partial charge in [0.05, 0.1) is 22.6 Å². The molecule has 27 heavy (non-hydrogen) atoms. The molecule has 2 heterocycles. The van der Waals surface area contributed by atoms with E-state index in [1.807, 2.05) is 0 Å². The van der Waals surface area contributed by atoms with E-state index in [9.17, 15) is 17.6 Å². The van der Waals surface area contributed by atoms with Crippen LogP contribution in [-0.4, -0.2) is 42.3 Å². The average molecular weight is 431 g/mol. The summed E-state index contributed by atoms with van der Waals surface area (Å²) in [5, 5.41) is 0.273. The number of benzene rings is 1. The third kappa shape index (κ3) is 3.89. The van der Waals surface area contributed by atoms with Gasteiger partial charge in [0.2, 0.25) is 0 Å². The maximum atomic E-state index is 13.6. The first-order valence-electron chi connectivity index (χ1n) is 9.08. The van der Waals surface area contributed by atoms with Crippen molar-refractivity contribution < 1.29 is 17.6 Å². The van der Waals surface area contributed by atoms with E-state index >= 15 is 0 Å². The zero-order chi connectivity index (χ0) is 19.2. The van der Waals surface area contributed by atoms with Crippen LogP contribution < -0.4 is 4.90 Å². The van der Waals surface area contributed by atoms with E-state index < -0.39 is 15.7 Å². The van der Waals surface area contributed by atoms with Gasteiger partial charge in [-0.25, -0.2) is 12.8 Å². The van der Waals surface area contributed by atoms with Crippen LogP contribution in [0.15, 0.2) is 23.2 Å². The second-order valence-electron chi connectivity index (χ2n) is 7.34. The summed E-state index contributed by atoms with van der Waals surface area (Å²) in [6.07, 6.45) is 4.93. The Morgan fingerprint density at radius 3 is 2.67 bits per heavy atom. The van der Waals surface area contributed by atoms with Crippen LogP contribution in [0, 0.1) is 11.7 Å². The first-order chi connectivity index (χ1) is 12.8. The van der Waals surface area contributed by atoms with Crippen LogP contribution in [-0.2, 0) is 14.6 Å². The second kappa shape index (κ2) is 7.37. The highest BCUT2D eigenvalue weighted by atomic mass is 35.5. The van der Waals surface area contributed by atoms with Gasteiger partial charge in [-0.3, -0.25) is 4.79 Å². The standard InChI is InChI=1S/C18H20ClFN2O3S2/c19-13-8-12(6-7-14(13)20)22-15-9-27(24,25)10-16(15)26-18(22)21-17(23)11-4-2-1-3-5-11/h6-8,11,15-16H,1-5,9-10H2/t15-,16+/m0/s1. The van der Waals surface area contributed by atoms with E-state index in [1.165, 1.54) is 23.9 Å². The molecule has 1 aromatic rings. The van der Waals surface area contributed by atoms with Crippen LogP contribution in [0.25, 0.3) is 0 Å². The van der Waals surface area contributed by atoms with Crippen molar-refractivity contribution in [3.63, 3.8) is 0 Å². The highest BCUT2D eigenvalue weighted by molar-refractivity contribution is 8.16. The fraction of sp³-hybridized carbons (Fsp3) is 0.556. The minimum absolute atomic E-state index is 0.00367. The number of hydrogen-bond donors (Lipinski definition) is 0. The Morgan fingerprint density at radius 1 is 1.22 bits per heavy atom. The van der Waals surface area contributed by atoms with Crippen LogP contribution >= 0.6 is 23.4 Å². The van der Waals surface area contributed by atoms with Crippen molar-refractivity contribution in [1.82, 2.24) is 0 Å². The number of rotatable bonds is 2. The fourth-order valence-corrected chi connectivity index (χ4v) is 8.13. The quantitative estimate of drug-likeness (QED) is 0.716. The molecular weight excluding hydrogens is 411 g/mol. The highest BCUT2D eigenvalue weighted by Crippen LogP contribution is 2.42. The summed E-state index contributed by atoms with van der Waals surface area (Å²) >= 11 is 7.26. The van der Waals surface area contributed by atoms with Gasteiger partial charge in [0, 0.05) is 16.9 Å². The molecule has 0 radical (unpaired) electrons. The maximum Gasteiger partial charge on any atom is 0.251 e. The smallest absolute Gasteiger partial charge is 0.251 e. The molecule has 1 saturated carbocycles. The van der Waals surface area contributed by atoms with Gasteiger partial charge < -0.3 is 4.90 Å². The number of sulfone groups is 1. The fourth-order valence-electron chi connectivity index (χ4n) is 4.04. The molecule has 3 fully saturated rings. The van der Waals surface area contributed by atoms with Crippen LogP contribution in [0.3, 0.4) is 0 Å². The third-order valence-corrected chi connectivity index (χ3v) is 8.91. The molecule has 2 saturated heterocycles. The molecule has 9 heteroatoms. The number of amidine groups is 1. The number of thioether (sulfide) groups is 1. The monoisotopic (exact) mass is 430 g/mol. The predicted octanol–water partition coefficient (Wildman–Crippen LogP) is 3.66. The Morgan fingerprint density at radius 2 is 1.96 bits per heavy atom. The van der Waals surface area contributed by atoms with E-state index in [4.69, 9.17) is 11.6 Å². The van der Waals surface area contributed by atoms with E-state index in [-0.39, 0.29) is 39.6 Å². The number of fused-ring (bicyclic) bond motifs is 1. The van der Waals surface area contributed by atoms with Crippen molar-refractivity contribution in [2.75, 3.05) is 16.4 Å². The first kappa shape index (κ1) is 19.2. The molecule has 1 amide bonds. The molecule has 1 aliphatic carbocycles. The van der Waals surface area contributed by atoms with Crippen molar-refractivity contribution >= 4 is 50.0 Å². The minimum atomic E-state index is -3.15. The zero-order valence-corrected chi connectivity index (χ0v) is 17.0. The lowest BCUT2D eigenvalue weighted by atomic mass is 9.89. The molecule has 4 rings (SSSR count). The van der Waals surface area contributed by atoms with Crippen molar-refractivity contribution in [2.45, 2.75) is 43.4 Å². The van der Waals surface area contributed by atoms with Crippen LogP contribution in [0.5, 0.6) is 0 Å². The van der Waals surface area contributed by atoms with Gasteiger partial charge in [-0.15, -0.1) is 0 Å². The first-order valence-corrected chi connectivity index (χ1v) is 12.2. The number of carbonyl (C=O) groups excluding carboxylic acids is 1. The van der Waals surface area contributed by atoms with E-state index in [2.05, 4.69) is 4.99 Å². The number of hydrogen-bond acceptors (Lipinski definition) is 4. The number of nitrogens with zero attached hydrogens (tertiary/aromatic N) is 2. The van der Waals surface area contributed by atoms with Crippen LogP contribution in [0.4, 0.5) is 10.1 Å². The minimum Gasteiger partial charge on any atom is -0.316 e. The number of aliphatic imine (C=N–C) groups is 1. The highest BCUT2D eigenvalue weighted by Gasteiger charge is 2.49. The van der Waals surface area contributed by atoms with Crippen molar-refractivity contribution in [3.05, 3.63) is 29.0 Å². The summed E-state index contributed by atoms with van der Waals surface area (Å²) in [6.45, 7) is 0. The summed E-state index contributed by atoms with van der Waals surface area (Å²) < 4.78 is 37.8. The molecule has 3 aliphatic rings. The predicted molar refractivity (Wildman–Crippen MR) is 107 cm³/mol. The molecule has 0 N–H and O–H groups in total. The van der Waals surface area contributed by atoms with E-state index in [1.54, 1.807) is 11.0 Å². The Labute approximate surface area is 167 Å². The molecule has 2 atom stereocenters. The van der Waals surface area contributed by atoms with Gasteiger partial charge >= 0.3 is 0 Å². The summed E-state index contributed by atoms with van der Waals surface area (Å²) in [5.74, 6) is -0.687. The molecule has 0 bridgehead atoms. The third-order valence-electron chi connectivity index (χ3n) is 5.41. The Hall–Kier alpha value is -1.12. The molecule has 0 unspecified atom stereocenters. The maximum absolute atomic E-state index is 13.6. The zero-order valence-electron chi connectivity index (χ0n) is 14.6. The summed E-state index contributed by atoms with van der Waals surface area (Å²) in [7, 11) is -3.15. The van der Waals surface area contributed by atoms with Gasteiger partial charge in [-0.2, -0.15) is 4.99 Å². The van der Waals surface area contributed by atoms with Gasteiger partial charge in [-0.1, -0.05) is 42.6 Å². The second-order valence-corrected chi connectivity index (χ2v) is 11.1. The topological polar surface area (TPSA) is 66.8 Å². The lowest BCUT2D eigenvalue weighted by Gasteiger charge is -2.25. The Balaban J connectivity index is 1.68. The Bertz CT molecular complexity index is 900. The van der Waals surface area contributed by atoms with Gasteiger partial charge in [-0.05, 0) is 31.0 Å². The molecule has 1 aromatic carbocycles. The molecule has 0 spiro atoms. The molecule has 2 aliphatic heterocycles. The molecule has 146 valence electrons. The number of amides is 1. The van der Waals surface area contributed by atoms with Crippen molar-refractivity contribution in [1.29, 1.82) is 0 Å². The largest absolute Gasteiger partial charge is 0.316 e. The lowest BCUT2D eigenvalue weighted by Crippen LogP contribution is -2.38. The summed E-state index contributed by atoms with van der Waals surface area (Å²) in [5.41, 5.74) is 0.564. The Kier molecular flexibility index (Phi) is 5.24. The SMILES string of the molecule is O=C(N=C1S[C@@H]2CS(=O)(=O)C[C@@H]2N1c1ccc(F)c(Cl)c1)C1CCCCC1. The van der Waals surface area contributed by atoms with Gasteiger partial charge in [0.15, 0.2) is 15.0 Å².